The normalized spacial score (nSPS) is 16.5. The molecule has 0 saturated carbocycles. The van der Waals surface area contributed by atoms with Crippen LogP contribution in [0.15, 0.2) is 58.9 Å². The highest BCUT2D eigenvalue weighted by Gasteiger charge is 2.28. The third kappa shape index (κ3) is 5.30. The van der Waals surface area contributed by atoms with Gasteiger partial charge in [0.2, 0.25) is 0 Å². The van der Waals surface area contributed by atoms with Crippen LogP contribution in [0.25, 0.3) is 32.0 Å². The zero-order valence-electron chi connectivity index (χ0n) is 21.7. The number of amides is 2. The molecule has 1 saturated heterocycles. The summed E-state index contributed by atoms with van der Waals surface area (Å²) in [5.41, 5.74) is 2.17. The molecule has 0 radical (unpaired) electrons. The Morgan fingerprint density at radius 2 is 1.92 bits per heavy atom. The van der Waals surface area contributed by atoms with Crippen molar-refractivity contribution in [3.8, 4) is 27.6 Å². The van der Waals surface area contributed by atoms with Gasteiger partial charge < -0.3 is 14.5 Å². The van der Waals surface area contributed by atoms with Crippen molar-refractivity contribution in [2.24, 2.45) is 0 Å². The molecule has 0 bridgehead atoms. The highest BCUT2D eigenvalue weighted by atomic mass is 32.1. The molecule has 1 fully saturated rings. The number of thiophene rings is 2. The summed E-state index contributed by atoms with van der Waals surface area (Å²) in [7, 11) is 3.91. The number of carbonyl (C=O) groups excluding carboxylic acids is 2. The van der Waals surface area contributed by atoms with E-state index < -0.39 is 11.8 Å². The molecule has 2 amide bonds. The number of carbonyl (C=O) groups is 2. The number of hydrogen-bond acceptors (Lipinski definition) is 10. The summed E-state index contributed by atoms with van der Waals surface area (Å²) >= 11 is 3.08. The maximum atomic E-state index is 12.5. The van der Waals surface area contributed by atoms with Crippen molar-refractivity contribution in [1.29, 1.82) is 0 Å². The molecular formula is C28H28N6O3S2. The minimum atomic E-state index is -0.445. The molecule has 3 aromatic heterocycles. The number of fused-ring (bicyclic) bond motifs is 1. The van der Waals surface area contributed by atoms with Gasteiger partial charge in [0.25, 0.3) is 11.8 Å². The third-order valence-corrected chi connectivity index (χ3v) is 8.73. The van der Waals surface area contributed by atoms with E-state index in [1.54, 1.807) is 23.3 Å². The zero-order valence-corrected chi connectivity index (χ0v) is 23.3. The van der Waals surface area contributed by atoms with Crippen LogP contribution in [-0.2, 0) is 9.59 Å². The molecule has 6 rings (SSSR count). The van der Waals surface area contributed by atoms with Crippen molar-refractivity contribution in [3.05, 3.63) is 58.9 Å². The smallest absolute Gasteiger partial charge is 0.274 e. The predicted octanol–water partition coefficient (Wildman–Crippen LogP) is 3.69. The Morgan fingerprint density at radius 1 is 1.08 bits per heavy atom. The summed E-state index contributed by atoms with van der Waals surface area (Å²) in [6.07, 6.45) is 1.31. The molecule has 0 spiro atoms. The van der Waals surface area contributed by atoms with Crippen LogP contribution in [0, 0.1) is 0 Å². The molecule has 1 aromatic carbocycles. The zero-order chi connectivity index (χ0) is 26.9. The van der Waals surface area contributed by atoms with Gasteiger partial charge in [0.05, 0.1) is 10.3 Å². The Hall–Kier alpha value is -3.64. The molecule has 2 aliphatic heterocycles. The van der Waals surface area contributed by atoms with Crippen LogP contribution in [0.5, 0.6) is 5.75 Å². The average molecular weight is 561 g/mol. The molecule has 2 aliphatic rings. The van der Waals surface area contributed by atoms with Gasteiger partial charge >= 0.3 is 0 Å². The van der Waals surface area contributed by atoms with Gasteiger partial charge in [-0.05, 0) is 36.2 Å². The number of likely N-dealkylation sites (N-methyl/N-ethyl adjacent to an activating group) is 2. The molecule has 9 nitrogen and oxygen atoms in total. The van der Waals surface area contributed by atoms with Crippen molar-refractivity contribution < 1.29 is 14.3 Å². The SMILES string of the molecule is CN1CCN(CCOc2cccc(-c3csc4nc(-c5cccs5)nc(N(C)C5=CC(=O)NC5=O)c34)c2)CC1. The van der Waals surface area contributed by atoms with Crippen LogP contribution in [-0.4, -0.2) is 85.0 Å². The lowest BCUT2D eigenvalue weighted by molar-refractivity contribution is -0.123. The van der Waals surface area contributed by atoms with E-state index in [0.29, 0.717) is 18.2 Å². The number of anilines is 1. The molecule has 0 unspecified atom stereocenters. The summed E-state index contributed by atoms with van der Waals surface area (Å²) in [6, 6.07) is 12.0. The Kier molecular flexibility index (Phi) is 7.13. The maximum Gasteiger partial charge on any atom is 0.274 e. The number of nitrogens with zero attached hydrogens (tertiary/aromatic N) is 5. The number of imide groups is 1. The Morgan fingerprint density at radius 3 is 2.67 bits per heavy atom. The van der Waals surface area contributed by atoms with Gasteiger partial charge in [0, 0.05) is 56.8 Å². The van der Waals surface area contributed by atoms with Crippen molar-refractivity contribution in [2.45, 2.75) is 0 Å². The van der Waals surface area contributed by atoms with Gasteiger partial charge in [-0.15, -0.1) is 22.7 Å². The lowest BCUT2D eigenvalue weighted by Gasteiger charge is -2.32. The molecule has 39 heavy (non-hydrogen) atoms. The summed E-state index contributed by atoms with van der Waals surface area (Å²) in [4.78, 5) is 42.4. The van der Waals surface area contributed by atoms with Crippen LogP contribution in [0.1, 0.15) is 0 Å². The quantitative estimate of drug-likeness (QED) is 0.327. The van der Waals surface area contributed by atoms with Crippen LogP contribution in [0.2, 0.25) is 0 Å². The fourth-order valence-electron chi connectivity index (χ4n) is 4.78. The highest BCUT2D eigenvalue weighted by Crippen LogP contribution is 2.41. The number of piperazine rings is 1. The van der Waals surface area contributed by atoms with E-state index >= 15 is 0 Å². The topological polar surface area (TPSA) is 90.9 Å². The van der Waals surface area contributed by atoms with Gasteiger partial charge in [-0.25, -0.2) is 9.97 Å². The van der Waals surface area contributed by atoms with E-state index in [1.807, 2.05) is 41.8 Å². The van der Waals surface area contributed by atoms with Gasteiger partial charge in [-0.2, -0.15) is 0 Å². The first-order valence-electron chi connectivity index (χ1n) is 12.7. The molecule has 0 atom stereocenters. The Balaban J connectivity index is 1.33. The number of ether oxygens (including phenoxy) is 1. The average Bonchev–Trinajstić information content (AvgIpc) is 3.69. The third-order valence-electron chi connectivity index (χ3n) is 6.99. The van der Waals surface area contributed by atoms with Crippen LogP contribution in [0.3, 0.4) is 0 Å². The Labute approximate surface area is 234 Å². The summed E-state index contributed by atoms with van der Waals surface area (Å²) in [5.74, 6) is 1.07. The summed E-state index contributed by atoms with van der Waals surface area (Å²) in [6.45, 7) is 5.80. The lowest BCUT2D eigenvalue weighted by atomic mass is 10.1. The molecular weight excluding hydrogens is 532 g/mol. The first kappa shape index (κ1) is 25.6. The van der Waals surface area contributed by atoms with E-state index in [1.165, 1.54) is 17.4 Å². The molecule has 1 N–H and O–H groups in total. The first-order chi connectivity index (χ1) is 19.0. The lowest BCUT2D eigenvalue weighted by Crippen LogP contribution is -2.45. The van der Waals surface area contributed by atoms with Gasteiger partial charge in [-0.3, -0.25) is 19.8 Å². The van der Waals surface area contributed by atoms with Crippen molar-refractivity contribution in [1.82, 2.24) is 25.1 Å². The van der Waals surface area contributed by atoms with Crippen LogP contribution in [0.4, 0.5) is 5.82 Å². The summed E-state index contributed by atoms with van der Waals surface area (Å²) < 4.78 is 6.15. The van der Waals surface area contributed by atoms with E-state index in [4.69, 9.17) is 14.7 Å². The molecule has 4 aromatic rings. The van der Waals surface area contributed by atoms with Gasteiger partial charge in [-0.1, -0.05) is 18.2 Å². The largest absolute Gasteiger partial charge is 0.492 e. The molecule has 0 aliphatic carbocycles. The van der Waals surface area contributed by atoms with Crippen LogP contribution >= 0.6 is 22.7 Å². The minimum absolute atomic E-state index is 0.246. The number of rotatable bonds is 8. The minimum Gasteiger partial charge on any atom is -0.492 e. The second-order valence-electron chi connectivity index (χ2n) is 9.61. The van der Waals surface area contributed by atoms with E-state index in [-0.39, 0.29) is 5.70 Å². The summed E-state index contributed by atoms with van der Waals surface area (Å²) in [5, 5.41) is 7.19. The van der Waals surface area contributed by atoms with Crippen molar-refractivity contribution in [3.63, 3.8) is 0 Å². The van der Waals surface area contributed by atoms with E-state index in [0.717, 1.165) is 64.7 Å². The molecule has 11 heteroatoms. The van der Waals surface area contributed by atoms with Crippen molar-refractivity contribution in [2.75, 3.05) is 58.3 Å². The van der Waals surface area contributed by atoms with E-state index in [2.05, 4.69) is 27.5 Å². The number of hydrogen-bond donors (Lipinski definition) is 1. The molecule has 5 heterocycles. The molecule has 200 valence electrons. The fraction of sp³-hybridized carbons (Fsp3) is 0.286. The second kappa shape index (κ2) is 10.9. The second-order valence-corrected chi connectivity index (χ2v) is 11.4. The standard InChI is InChI=1S/C28H28N6O3S2/c1-32-8-10-34(11-9-32)12-13-37-19-6-3-5-18(15-19)20-17-39-28-24(20)26(30-25(31-28)22-7-4-14-38-22)33(2)21-16-23(35)29-27(21)36/h3-7,14-17H,8-13H2,1-2H3,(H,29,35,36). The van der Waals surface area contributed by atoms with E-state index in [9.17, 15) is 9.59 Å². The first-order valence-corrected chi connectivity index (χ1v) is 14.5. The maximum absolute atomic E-state index is 12.5. The van der Waals surface area contributed by atoms with Crippen LogP contribution < -0.4 is 15.0 Å². The van der Waals surface area contributed by atoms with Gasteiger partial charge in [0.15, 0.2) is 5.82 Å². The number of benzene rings is 1. The Bertz CT molecular complexity index is 1560. The predicted molar refractivity (Wildman–Crippen MR) is 155 cm³/mol. The number of nitrogens with one attached hydrogen (secondary N) is 1. The van der Waals surface area contributed by atoms with Gasteiger partial charge in [0.1, 0.15) is 28.7 Å². The monoisotopic (exact) mass is 560 g/mol. The van der Waals surface area contributed by atoms with Crippen molar-refractivity contribution >= 4 is 50.5 Å². The number of aromatic nitrogens is 2. The highest BCUT2D eigenvalue weighted by molar-refractivity contribution is 7.17. The fourth-order valence-corrected chi connectivity index (χ4v) is 6.38.